The number of carbonyl (C=O) groups excluding carboxylic acids is 3. The van der Waals surface area contributed by atoms with Gasteiger partial charge in [-0.25, -0.2) is 0 Å². The van der Waals surface area contributed by atoms with Crippen LogP contribution in [0, 0.1) is 0 Å². The highest BCUT2D eigenvalue weighted by atomic mass is 16.6. The fourth-order valence-corrected chi connectivity index (χ4v) is 7.92. The van der Waals surface area contributed by atoms with Gasteiger partial charge in [-0.1, -0.05) is 247 Å². The fourth-order valence-electron chi connectivity index (χ4n) is 7.92. The molecule has 6 heteroatoms. The third-order valence-corrected chi connectivity index (χ3v) is 12.1. The highest BCUT2D eigenvalue weighted by Gasteiger charge is 2.19. The molecular formula is C62H106O6. The second-order valence-corrected chi connectivity index (χ2v) is 18.8. The number of carbonyl (C=O) groups is 3. The maximum absolute atomic E-state index is 12.9. The number of hydrogen-bond acceptors (Lipinski definition) is 6. The van der Waals surface area contributed by atoms with Gasteiger partial charge >= 0.3 is 17.9 Å². The Balaban J connectivity index is 4.43. The van der Waals surface area contributed by atoms with E-state index in [-0.39, 0.29) is 31.1 Å². The van der Waals surface area contributed by atoms with Gasteiger partial charge in [-0.15, -0.1) is 0 Å². The van der Waals surface area contributed by atoms with Gasteiger partial charge in [0.2, 0.25) is 0 Å². The van der Waals surface area contributed by atoms with E-state index in [0.29, 0.717) is 19.3 Å². The first-order chi connectivity index (χ1) is 33.5. The van der Waals surface area contributed by atoms with Crippen LogP contribution in [0.4, 0.5) is 0 Å². The van der Waals surface area contributed by atoms with Crippen molar-refractivity contribution >= 4 is 17.9 Å². The molecule has 390 valence electrons. The predicted molar refractivity (Wildman–Crippen MR) is 293 cm³/mol. The molecule has 0 amide bonds. The molecule has 0 saturated heterocycles. The number of allylic oxidation sites excluding steroid dienone is 14. The summed E-state index contributed by atoms with van der Waals surface area (Å²) >= 11 is 0. The van der Waals surface area contributed by atoms with Gasteiger partial charge in [0, 0.05) is 19.3 Å². The smallest absolute Gasteiger partial charge is 0.306 e. The minimum absolute atomic E-state index is 0.0868. The number of ether oxygens (including phenoxy) is 3. The monoisotopic (exact) mass is 947 g/mol. The summed E-state index contributed by atoms with van der Waals surface area (Å²) in [7, 11) is 0. The van der Waals surface area contributed by atoms with E-state index in [9.17, 15) is 14.4 Å². The van der Waals surface area contributed by atoms with Crippen molar-refractivity contribution in [1.82, 2.24) is 0 Å². The Morgan fingerprint density at radius 2 is 0.574 bits per heavy atom. The lowest BCUT2D eigenvalue weighted by Gasteiger charge is -2.18. The summed E-state index contributed by atoms with van der Waals surface area (Å²) in [4.78, 5) is 38.2. The van der Waals surface area contributed by atoms with Gasteiger partial charge in [-0.05, 0) is 89.9 Å². The van der Waals surface area contributed by atoms with Gasteiger partial charge in [-0.3, -0.25) is 14.4 Å². The number of rotatable bonds is 51. The Hall–Kier alpha value is -3.41. The number of esters is 3. The van der Waals surface area contributed by atoms with Crippen LogP contribution >= 0.6 is 0 Å². The predicted octanol–water partition coefficient (Wildman–Crippen LogP) is 19.2. The normalized spacial score (nSPS) is 12.7. The molecule has 0 heterocycles. The Morgan fingerprint density at radius 1 is 0.309 bits per heavy atom. The lowest BCUT2D eigenvalue weighted by molar-refractivity contribution is -0.167. The van der Waals surface area contributed by atoms with Crippen molar-refractivity contribution in [2.75, 3.05) is 13.2 Å². The summed E-state index contributed by atoms with van der Waals surface area (Å²) in [6.45, 7) is 6.41. The average molecular weight is 948 g/mol. The largest absolute Gasteiger partial charge is 0.462 e. The van der Waals surface area contributed by atoms with Gasteiger partial charge in [-0.2, -0.15) is 0 Å². The molecule has 6 nitrogen and oxygen atoms in total. The molecule has 0 rings (SSSR count). The van der Waals surface area contributed by atoms with E-state index in [0.717, 1.165) is 122 Å². The first-order valence-corrected chi connectivity index (χ1v) is 28.6. The van der Waals surface area contributed by atoms with E-state index in [1.165, 1.54) is 109 Å². The first kappa shape index (κ1) is 64.6. The van der Waals surface area contributed by atoms with E-state index >= 15 is 0 Å². The van der Waals surface area contributed by atoms with Crippen LogP contribution in [-0.4, -0.2) is 37.2 Å². The SMILES string of the molecule is CC/C=C\C/C=C\C/C=C\C/C=C\CCCCCCC(=O)OCC(COC(=O)CCCCCCCCCCCCCCCCCC)OC(=O)CCCCCCCCC/C=C\C/C=C\C/C=C\CC. The van der Waals surface area contributed by atoms with Crippen molar-refractivity contribution in [3.8, 4) is 0 Å². The van der Waals surface area contributed by atoms with Crippen LogP contribution in [0.2, 0.25) is 0 Å². The Morgan fingerprint density at radius 3 is 0.897 bits per heavy atom. The van der Waals surface area contributed by atoms with Gasteiger partial charge in [0.05, 0.1) is 0 Å². The van der Waals surface area contributed by atoms with E-state index in [1.54, 1.807) is 0 Å². The van der Waals surface area contributed by atoms with Crippen LogP contribution in [0.1, 0.15) is 271 Å². The summed E-state index contributed by atoms with van der Waals surface area (Å²) in [6, 6.07) is 0. The van der Waals surface area contributed by atoms with Crippen LogP contribution in [0.5, 0.6) is 0 Å². The molecule has 0 aliphatic carbocycles. The molecule has 0 aliphatic heterocycles. The molecule has 0 radical (unpaired) electrons. The molecular weight excluding hydrogens is 841 g/mol. The third-order valence-electron chi connectivity index (χ3n) is 12.1. The maximum atomic E-state index is 12.9. The summed E-state index contributed by atoms with van der Waals surface area (Å²) in [6.07, 6.45) is 72.8. The molecule has 0 spiro atoms. The zero-order valence-corrected chi connectivity index (χ0v) is 44.6. The third kappa shape index (κ3) is 53.5. The minimum atomic E-state index is -0.791. The molecule has 0 fully saturated rings. The van der Waals surface area contributed by atoms with E-state index in [2.05, 4.69) is 106 Å². The van der Waals surface area contributed by atoms with Crippen LogP contribution in [0.3, 0.4) is 0 Å². The van der Waals surface area contributed by atoms with E-state index < -0.39 is 6.10 Å². The molecule has 0 aromatic carbocycles. The lowest BCUT2D eigenvalue weighted by Crippen LogP contribution is -2.30. The van der Waals surface area contributed by atoms with Crippen LogP contribution in [0.25, 0.3) is 0 Å². The zero-order valence-electron chi connectivity index (χ0n) is 44.6. The summed E-state index contributed by atoms with van der Waals surface area (Å²) < 4.78 is 16.9. The van der Waals surface area contributed by atoms with Crippen molar-refractivity contribution in [1.29, 1.82) is 0 Å². The summed E-state index contributed by atoms with van der Waals surface area (Å²) in [5.74, 6) is -0.914. The quantitative estimate of drug-likeness (QED) is 0.0262. The van der Waals surface area contributed by atoms with Gasteiger partial charge in [0.25, 0.3) is 0 Å². The second kappa shape index (κ2) is 56.2. The Labute approximate surface area is 420 Å². The van der Waals surface area contributed by atoms with Crippen LogP contribution in [-0.2, 0) is 28.6 Å². The fraction of sp³-hybridized carbons (Fsp3) is 0.726. The lowest BCUT2D eigenvalue weighted by atomic mass is 10.0. The molecule has 0 N–H and O–H groups in total. The van der Waals surface area contributed by atoms with Gasteiger partial charge < -0.3 is 14.2 Å². The minimum Gasteiger partial charge on any atom is -0.462 e. The summed E-state index contributed by atoms with van der Waals surface area (Å²) in [5, 5.41) is 0. The first-order valence-electron chi connectivity index (χ1n) is 28.6. The summed E-state index contributed by atoms with van der Waals surface area (Å²) in [5.41, 5.74) is 0. The highest BCUT2D eigenvalue weighted by molar-refractivity contribution is 5.71. The molecule has 1 unspecified atom stereocenters. The molecule has 0 saturated carbocycles. The van der Waals surface area contributed by atoms with Crippen LogP contribution in [0.15, 0.2) is 85.1 Å². The van der Waals surface area contributed by atoms with Crippen LogP contribution < -0.4 is 0 Å². The van der Waals surface area contributed by atoms with Crippen molar-refractivity contribution in [3.63, 3.8) is 0 Å². The number of unbranched alkanes of at least 4 members (excludes halogenated alkanes) is 26. The average Bonchev–Trinajstić information content (AvgIpc) is 3.34. The Bertz CT molecular complexity index is 1320. The zero-order chi connectivity index (χ0) is 49.3. The second-order valence-electron chi connectivity index (χ2n) is 18.8. The van der Waals surface area contributed by atoms with E-state index in [4.69, 9.17) is 14.2 Å². The number of hydrogen-bond donors (Lipinski definition) is 0. The Kier molecular flexibility index (Phi) is 53.4. The van der Waals surface area contributed by atoms with Gasteiger partial charge in [0.15, 0.2) is 6.10 Å². The molecule has 0 bridgehead atoms. The van der Waals surface area contributed by atoms with Crippen molar-refractivity contribution < 1.29 is 28.6 Å². The molecule has 1 atom stereocenters. The molecule has 68 heavy (non-hydrogen) atoms. The van der Waals surface area contributed by atoms with Gasteiger partial charge in [0.1, 0.15) is 13.2 Å². The maximum Gasteiger partial charge on any atom is 0.306 e. The topological polar surface area (TPSA) is 78.9 Å². The standard InChI is InChI=1S/C62H106O6/c1-4-7-10-13-16-19-22-25-28-31-34-37-40-43-46-49-52-55-61(64)67-58-59(57-66-60(63)54-51-48-45-42-39-36-33-30-27-24-21-18-15-12-9-6-3)68-62(65)56-53-50-47-44-41-38-35-32-29-26-23-20-17-14-11-8-5-2/h7-8,10-11,16-17,19-20,25-26,28-29,34,37,59H,4-6,9,12-15,18,21-24,27,30-33,35-36,38-58H2,1-3H3/b10-7-,11-8-,19-16-,20-17-,28-25-,29-26-,37-34-. The van der Waals surface area contributed by atoms with Crippen molar-refractivity contribution in [2.24, 2.45) is 0 Å². The van der Waals surface area contributed by atoms with E-state index in [1.807, 2.05) is 0 Å². The molecule has 0 aromatic rings. The molecule has 0 aromatic heterocycles. The molecule has 0 aliphatic rings. The van der Waals surface area contributed by atoms with Crippen molar-refractivity contribution in [3.05, 3.63) is 85.1 Å². The highest BCUT2D eigenvalue weighted by Crippen LogP contribution is 2.16. The van der Waals surface area contributed by atoms with Crippen molar-refractivity contribution in [2.45, 2.75) is 277 Å².